The van der Waals surface area contributed by atoms with E-state index < -0.39 is 15.6 Å². The molecule has 0 spiro atoms. The van der Waals surface area contributed by atoms with Crippen molar-refractivity contribution in [3.63, 3.8) is 0 Å². The number of furan rings is 1. The van der Waals surface area contributed by atoms with Crippen LogP contribution in [-0.4, -0.2) is 28.9 Å². The van der Waals surface area contributed by atoms with E-state index in [1.165, 1.54) is 30.3 Å². The third-order valence-electron chi connectivity index (χ3n) is 5.20. The zero-order valence-electron chi connectivity index (χ0n) is 16.1. The number of nitrogens with zero attached hydrogens (tertiary/aromatic N) is 3. The van der Waals surface area contributed by atoms with Gasteiger partial charge < -0.3 is 4.42 Å². The van der Waals surface area contributed by atoms with Crippen LogP contribution in [0.1, 0.15) is 43.7 Å². The van der Waals surface area contributed by atoms with Crippen molar-refractivity contribution in [1.82, 2.24) is 14.8 Å². The third kappa shape index (κ3) is 4.29. The van der Waals surface area contributed by atoms with Crippen LogP contribution in [0, 0.1) is 0 Å². The summed E-state index contributed by atoms with van der Waals surface area (Å²) in [6.07, 6.45) is 7.26. The Bertz CT molecular complexity index is 1080. The van der Waals surface area contributed by atoms with Crippen LogP contribution < -0.4 is 0 Å². The third-order valence-corrected chi connectivity index (χ3v) is 7.61. The van der Waals surface area contributed by atoms with Crippen LogP contribution in [0.25, 0.3) is 11.6 Å². The van der Waals surface area contributed by atoms with Gasteiger partial charge in [0.05, 0.1) is 11.2 Å². The molecule has 0 saturated heterocycles. The molecule has 0 unspecified atom stereocenters. The Morgan fingerprint density at radius 3 is 2.47 bits per heavy atom. The fourth-order valence-corrected chi connectivity index (χ4v) is 5.33. The van der Waals surface area contributed by atoms with Crippen LogP contribution in [0.4, 0.5) is 8.78 Å². The highest BCUT2D eigenvalue weighted by atomic mass is 32.2. The predicted molar refractivity (Wildman–Crippen MR) is 109 cm³/mol. The van der Waals surface area contributed by atoms with Crippen molar-refractivity contribution < 1.29 is 21.6 Å². The number of halogens is 2. The largest absolute Gasteiger partial charge is 0.461 e. The Hall–Kier alpha value is -2.20. The Kier molecular flexibility index (Phi) is 6.24. The average molecular weight is 454 g/mol. The second-order valence-corrected chi connectivity index (χ2v) is 10.0. The molecular formula is C20H21F2N3O3S2. The minimum atomic E-state index is -4.58. The van der Waals surface area contributed by atoms with E-state index in [1.54, 1.807) is 18.4 Å². The first kappa shape index (κ1) is 21.0. The number of aromatic nitrogens is 3. The molecule has 0 aliphatic heterocycles. The topological polar surface area (TPSA) is 78.0 Å². The summed E-state index contributed by atoms with van der Waals surface area (Å²) in [4.78, 5) is -0.378. The minimum absolute atomic E-state index is 0.301. The van der Waals surface area contributed by atoms with Crippen LogP contribution in [0.2, 0.25) is 0 Å². The predicted octanol–water partition coefficient (Wildman–Crippen LogP) is 5.33. The summed E-state index contributed by atoms with van der Waals surface area (Å²) in [5.41, 5.74) is 0.811. The summed E-state index contributed by atoms with van der Waals surface area (Å²) in [6.45, 7) is 0. The van der Waals surface area contributed by atoms with E-state index in [9.17, 15) is 17.2 Å². The summed E-state index contributed by atoms with van der Waals surface area (Å²) >= 11 is 1.48. The van der Waals surface area contributed by atoms with Gasteiger partial charge in [0.2, 0.25) is 15.7 Å². The molecule has 2 heterocycles. The molecule has 0 amide bonds. The van der Waals surface area contributed by atoms with Crippen molar-refractivity contribution in [1.29, 1.82) is 0 Å². The SMILES string of the molecule is O=S(=O)(c1ccc(CSc2nnc(-c3ccco3)n2C2CCCCC2)cc1)C(F)F. The van der Waals surface area contributed by atoms with Gasteiger partial charge in [0, 0.05) is 11.8 Å². The molecular weight excluding hydrogens is 432 g/mol. The molecule has 1 aliphatic rings. The van der Waals surface area contributed by atoms with E-state index in [0.717, 1.165) is 36.4 Å². The second kappa shape index (κ2) is 8.89. The molecule has 6 nitrogen and oxygen atoms in total. The zero-order valence-corrected chi connectivity index (χ0v) is 17.7. The molecule has 4 rings (SSSR count). The zero-order chi connectivity index (χ0) is 21.1. The first-order valence-electron chi connectivity index (χ1n) is 9.69. The summed E-state index contributed by atoms with van der Waals surface area (Å²) < 4.78 is 56.2. The Morgan fingerprint density at radius 1 is 1.10 bits per heavy atom. The summed E-state index contributed by atoms with van der Waals surface area (Å²) in [5, 5.41) is 9.47. The molecule has 1 aromatic carbocycles. The smallest absolute Gasteiger partial charge is 0.341 e. The Balaban J connectivity index is 1.55. The quantitative estimate of drug-likeness (QED) is 0.450. The maximum absolute atomic E-state index is 12.7. The van der Waals surface area contributed by atoms with Crippen molar-refractivity contribution in [2.24, 2.45) is 0 Å². The monoisotopic (exact) mass is 453 g/mol. The molecule has 160 valence electrons. The molecule has 1 saturated carbocycles. The van der Waals surface area contributed by atoms with Gasteiger partial charge in [-0.1, -0.05) is 43.2 Å². The summed E-state index contributed by atoms with van der Waals surface area (Å²) in [7, 11) is -4.58. The highest BCUT2D eigenvalue weighted by Gasteiger charge is 2.27. The minimum Gasteiger partial charge on any atom is -0.461 e. The highest BCUT2D eigenvalue weighted by molar-refractivity contribution is 7.98. The average Bonchev–Trinajstić information content (AvgIpc) is 3.42. The van der Waals surface area contributed by atoms with Crippen LogP contribution >= 0.6 is 11.8 Å². The van der Waals surface area contributed by atoms with E-state index in [2.05, 4.69) is 14.8 Å². The van der Waals surface area contributed by atoms with Crippen molar-refractivity contribution in [2.45, 2.75) is 59.7 Å². The van der Waals surface area contributed by atoms with Gasteiger partial charge >= 0.3 is 5.76 Å². The van der Waals surface area contributed by atoms with Gasteiger partial charge in [-0.15, -0.1) is 10.2 Å². The van der Waals surface area contributed by atoms with Crippen LogP contribution in [0.5, 0.6) is 0 Å². The van der Waals surface area contributed by atoms with Gasteiger partial charge in [-0.05, 0) is 42.7 Å². The van der Waals surface area contributed by atoms with Crippen molar-refractivity contribution >= 4 is 21.6 Å². The number of benzene rings is 1. The molecule has 1 aliphatic carbocycles. The molecule has 0 atom stereocenters. The summed E-state index contributed by atoms with van der Waals surface area (Å²) in [6, 6.07) is 9.52. The number of thioether (sulfide) groups is 1. The molecule has 30 heavy (non-hydrogen) atoms. The maximum Gasteiger partial charge on any atom is 0.341 e. The van der Waals surface area contributed by atoms with E-state index >= 15 is 0 Å². The number of hydrogen-bond donors (Lipinski definition) is 0. The van der Waals surface area contributed by atoms with E-state index in [1.807, 2.05) is 12.1 Å². The lowest BCUT2D eigenvalue weighted by atomic mass is 9.95. The van der Waals surface area contributed by atoms with Crippen molar-refractivity contribution in [3.05, 3.63) is 48.2 Å². The Labute approximate surface area is 177 Å². The van der Waals surface area contributed by atoms with Gasteiger partial charge in [0.25, 0.3) is 0 Å². The highest BCUT2D eigenvalue weighted by Crippen LogP contribution is 2.36. The van der Waals surface area contributed by atoms with Gasteiger partial charge in [0.1, 0.15) is 0 Å². The van der Waals surface area contributed by atoms with Gasteiger partial charge in [-0.25, -0.2) is 8.42 Å². The van der Waals surface area contributed by atoms with Crippen molar-refractivity contribution in [3.8, 4) is 11.6 Å². The lowest BCUT2D eigenvalue weighted by molar-refractivity contribution is 0.234. The molecule has 2 aromatic heterocycles. The first-order valence-corrected chi connectivity index (χ1v) is 12.2. The number of rotatable bonds is 7. The standard InChI is InChI=1S/C20H21F2N3O3S2/c21-19(22)30(26,27)16-10-8-14(9-11-16)13-29-20-24-23-18(17-7-4-12-28-17)25(20)15-5-2-1-3-6-15/h4,7-12,15,19H,1-3,5-6,13H2. The fourth-order valence-electron chi connectivity index (χ4n) is 3.64. The normalized spacial score (nSPS) is 15.7. The van der Waals surface area contributed by atoms with Crippen molar-refractivity contribution in [2.75, 3.05) is 0 Å². The maximum atomic E-state index is 12.7. The van der Waals surface area contributed by atoms with Gasteiger partial charge in [-0.2, -0.15) is 8.78 Å². The van der Waals surface area contributed by atoms with Gasteiger partial charge in [-0.3, -0.25) is 4.57 Å². The molecule has 0 radical (unpaired) electrons. The lowest BCUT2D eigenvalue weighted by Gasteiger charge is -2.25. The molecule has 0 N–H and O–H groups in total. The van der Waals surface area contributed by atoms with E-state index in [-0.39, 0.29) is 4.90 Å². The number of hydrogen-bond acceptors (Lipinski definition) is 6. The first-order chi connectivity index (χ1) is 14.5. The van der Waals surface area contributed by atoms with E-state index in [4.69, 9.17) is 4.42 Å². The Morgan fingerprint density at radius 2 is 1.83 bits per heavy atom. The fraction of sp³-hybridized carbons (Fsp3) is 0.400. The van der Waals surface area contributed by atoms with Crippen LogP contribution in [-0.2, 0) is 15.6 Å². The van der Waals surface area contributed by atoms with Gasteiger partial charge in [0.15, 0.2) is 10.9 Å². The second-order valence-electron chi connectivity index (χ2n) is 7.18. The molecule has 0 bridgehead atoms. The molecule has 10 heteroatoms. The number of alkyl halides is 2. The van der Waals surface area contributed by atoms with Crippen LogP contribution in [0.3, 0.4) is 0 Å². The van der Waals surface area contributed by atoms with E-state index in [0.29, 0.717) is 23.4 Å². The lowest BCUT2D eigenvalue weighted by Crippen LogP contribution is -2.15. The molecule has 1 fully saturated rings. The summed E-state index contributed by atoms with van der Waals surface area (Å²) in [5.74, 6) is -1.54. The van der Waals surface area contributed by atoms with Crippen LogP contribution in [0.15, 0.2) is 57.1 Å². The number of sulfone groups is 1. The molecule has 3 aromatic rings.